The van der Waals surface area contributed by atoms with E-state index in [2.05, 4.69) is 10.3 Å². The molecule has 2 amide bonds. The maximum Gasteiger partial charge on any atom is 0.408 e. The van der Waals surface area contributed by atoms with E-state index < -0.39 is 71.9 Å². The van der Waals surface area contributed by atoms with E-state index in [1.54, 1.807) is 6.07 Å². The number of halogens is 2. The van der Waals surface area contributed by atoms with Crippen LogP contribution in [0.3, 0.4) is 0 Å². The summed E-state index contributed by atoms with van der Waals surface area (Å²) in [5.41, 5.74) is 1.18. The van der Waals surface area contributed by atoms with Crippen molar-refractivity contribution in [2.45, 2.75) is 139 Å². The van der Waals surface area contributed by atoms with Crippen molar-refractivity contribution in [2.24, 2.45) is 5.92 Å². The molecule has 7 rings (SSSR count). The summed E-state index contributed by atoms with van der Waals surface area (Å²) < 4.78 is 62.3. The zero-order chi connectivity index (χ0) is 40.3. The highest BCUT2D eigenvalue weighted by molar-refractivity contribution is 7.59. The van der Waals surface area contributed by atoms with Gasteiger partial charge in [-0.15, -0.1) is 0 Å². The number of ketones is 1. The monoisotopic (exact) mass is 809 g/mol. The Kier molecular flexibility index (Phi) is 12.5. The van der Waals surface area contributed by atoms with Crippen molar-refractivity contribution in [3.8, 4) is 11.6 Å². The van der Waals surface area contributed by atoms with Gasteiger partial charge in [-0.05, 0) is 94.5 Å². The molecule has 2 aromatic carbocycles. The Morgan fingerprint density at radius 1 is 0.982 bits per heavy atom. The van der Waals surface area contributed by atoms with Gasteiger partial charge in [0.2, 0.25) is 19.2 Å². The van der Waals surface area contributed by atoms with Crippen LogP contribution in [0, 0.1) is 24.5 Å². The number of hydrogen-bond acceptors (Lipinski definition) is 8. The molecule has 2 aliphatic heterocycles. The molecule has 14 heteroatoms. The van der Waals surface area contributed by atoms with E-state index in [0.717, 1.165) is 74.4 Å². The summed E-state index contributed by atoms with van der Waals surface area (Å²) in [6, 6.07) is 8.76. The number of ether oxygens (including phenoxy) is 3. The van der Waals surface area contributed by atoms with Gasteiger partial charge < -0.3 is 29.3 Å². The van der Waals surface area contributed by atoms with Crippen LogP contribution in [0.25, 0.3) is 10.9 Å². The van der Waals surface area contributed by atoms with Crippen LogP contribution in [-0.4, -0.2) is 75.2 Å². The molecule has 2 saturated carbocycles. The number of Topliss-reactive ketones (excluding diaryl/α,β-unsaturated/α-hetero) is 1. The van der Waals surface area contributed by atoms with E-state index in [-0.39, 0.29) is 37.8 Å². The maximum absolute atomic E-state index is 14.9. The van der Waals surface area contributed by atoms with Crippen molar-refractivity contribution in [3.05, 3.63) is 65.2 Å². The van der Waals surface area contributed by atoms with Gasteiger partial charge in [0, 0.05) is 29.9 Å². The molecule has 2 unspecified atom stereocenters. The van der Waals surface area contributed by atoms with Gasteiger partial charge in [0.1, 0.15) is 35.6 Å². The highest BCUT2D eigenvalue weighted by atomic mass is 31.2. The molecule has 2 aliphatic carbocycles. The van der Waals surface area contributed by atoms with Gasteiger partial charge in [-0.2, -0.15) is 0 Å². The fraction of sp³-hybridized carbons (Fsp3) is 0.581. The molecule has 1 aromatic heterocycles. The summed E-state index contributed by atoms with van der Waals surface area (Å²) in [6.07, 6.45) is 6.06. The normalized spacial score (nSPS) is 27.1. The Morgan fingerprint density at radius 3 is 2.42 bits per heavy atom. The lowest BCUT2D eigenvalue weighted by atomic mass is 10.0. The lowest BCUT2D eigenvalue weighted by Crippen LogP contribution is -2.52. The number of fused-ring (bicyclic) bond motifs is 3. The van der Waals surface area contributed by atoms with E-state index in [1.807, 2.05) is 32.0 Å². The Bertz CT molecular complexity index is 2010. The van der Waals surface area contributed by atoms with Gasteiger partial charge in [-0.3, -0.25) is 14.2 Å². The minimum Gasteiger partial charge on any atom is -0.488 e. The molecule has 0 bridgehead atoms. The summed E-state index contributed by atoms with van der Waals surface area (Å²) in [7, 11) is -4.39. The van der Waals surface area contributed by atoms with Crippen molar-refractivity contribution < 1.29 is 46.8 Å². The van der Waals surface area contributed by atoms with Gasteiger partial charge in [0.05, 0.1) is 36.0 Å². The number of amides is 2. The number of carbonyl (C=O) groups excluding carboxylic acids is 3. The zero-order valence-electron chi connectivity index (χ0n) is 32.9. The van der Waals surface area contributed by atoms with Crippen LogP contribution in [0.4, 0.5) is 13.6 Å². The smallest absolute Gasteiger partial charge is 0.408 e. The number of alkyl carbamates (subject to hydrolysis) is 1. The van der Waals surface area contributed by atoms with Gasteiger partial charge >= 0.3 is 6.09 Å². The number of carbonyl (C=O) groups is 3. The van der Waals surface area contributed by atoms with E-state index in [1.165, 1.54) is 11.0 Å². The summed E-state index contributed by atoms with van der Waals surface area (Å²) in [5.74, 6) is -2.16. The average Bonchev–Trinajstić information content (AvgIpc) is 3.43. The van der Waals surface area contributed by atoms with Crippen molar-refractivity contribution in [2.75, 3.05) is 13.2 Å². The van der Waals surface area contributed by atoms with Gasteiger partial charge in [0.15, 0.2) is 5.78 Å². The summed E-state index contributed by atoms with van der Waals surface area (Å²) in [4.78, 5) is 60.5. The van der Waals surface area contributed by atoms with Crippen molar-refractivity contribution in [1.82, 2.24) is 15.2 Å². The summed E-state index contributed by atoms with van der Waals surface area (Å²) in [5, 5.41) is 2.17. The second kappa shape index (κ2) is 17.4. The predicted octanol–water partition coefficient (Wildman–Crippen LogP) is 8.54. The Labute approximate surface area is 332 Å². The zero-order valence-corrected chi connectivity index (χ0v) is 33.7. The third-order valence-electron chi connectivity index (χ3n) is 12.4. The average molecular weight is 810 g/mol. The van der Waals surface area contributed by atoms with Crippen LogP contribution in [0.5, 0.6) is 11.6 Å². The van der Waals surface area contributed by atoms with Crippen LogP contribution in [0.15, 0.2) is 42.5 Å². The lowest BCUT2D eigenvalue weighted by molar-refractivity contribution is -0.139. The molecule has 2 N–H and O–H groups in total. The van der Waals surface area contributed by atoms with Gasteiger partial charge in [0.25, 0.3) is 0 Å². The van der Waals surface area contributed by atoms with Crippen molar-refractivity contribution >= 4 is 36.1 Å². The first-order valence-corrected chi connectivity index (χ1v) is 22.5. The fourth-order valence-corrected chi connectivity index (χ4v) is 11.9. The molecule has 2 saturated heterocycles. The molecule has 3 aromatic rings. The highest BCUT2D eigenvalue weighted by Crippen LogP contribution is 2.75. The molecular formula is C43H54F2N3O8P. The molecular weight excluding hydrogens is 755 g/mol. The number of aromatic nitrogens is 1. The highest BCUT2D eigenvalue weighted by Gasteiger charge is 2.66. The molecule has 6 atom stereocenters. The Hall–Kier alpha value is -4.09. The second-order valence-corrected chi connectivity index (χ2v) is 19.1. The number of nitrogens with zero attached hydrogens (tertiary/aromatic N) is 2. The minimum absolute atomic E-state index is 0.0123. The Balaban J connectivity index is 1.21. The lowest BCUT2D eigenvalue weighted by Gasteiger charge is -2.30. The predicted molar refractivity (Wildman–Crippen MR) is 211 cm³/mol. The topological polar surface area (TPSA) is 144 Å². The van der Waals surface area contributed by atoms with Crippen molar-refractivity contribution in [1.29, 1.82) is 0 Å². The van der Waals surface area contributed by atoms with Crippen LogP contribution >= 0.6 is 7.37 Å². The van der Waals surface area contributed by atoms with Crippen molar-refractivity contribution in [3.63, 3.8) is 0 Å². The first-order valence-electron chi connectivity index (χ1n) is 20.6. The number of pyridine rings is 1. The molecule has 0 radical (unpaired) electrons. The molecule has 3 heterocycles. The summed E-state index contributed by atoms with van der Waals surface area (Å²) >= 11 is 0. The summed E-state index contributed by atoms with van der Waals surface area (Å²) in [6.45, 7) is 4.20. The number of nitrogens with one attached hydrogen (secondary N) is 1. The third kappa shape index (κ3) is 9.15. The first-order chi connectivity index (χ1) is 27.4. The number of hydrogen-bond donors (Lipinski definition) is 2. The fourth-order valence-electron chi connectivity index (χ4n) is 9.26. The molecule has 4 aliphatic rings. The van der Waals surface area contributed by atoms with Gasteiger partial charge in [-0.1, -0.05) is 44.2 Å². The van der Waals surface area contributed by atoms with Crippen LogP contribution in [0.1, 0.15) is 108 Å². The molecule has 308 valence electrons. The number of aryl methyl sites for hydroxylation is 1. The largest absolute Gasteiger partial charge is 0.488 e. The van der Waals surface area contributed by atoms with E-state index >= 15 is 0 Å². The Morgan fingerprint density at radius 2 is 1.68 bits per heavy atom. The number of rotatable bonds is 9. The third-order valence-corrected chi connectivity index (χ3v) is 15.3. The quantitative estimate of drug-likeness (QED) is 0.203. The van der Waals surface area contributed by atoms with Crippen LogP contribution in [0.2, 0.25) is 0 Å². The van der Waals surface area contributed by atoms with E-state index in [4.69, 9.17) is 14.2 Å². The van der Waals surface area contributed by atoms with Gasteiger partial charge in [-0.25, -0.2) is 18.6 Å². The minimum atomic E-state index is -4.39. The van der Waals surface area contributed by atoms with Crippen LogP contribution in [-0.2, 0) is 25.1 Å². The van der Waals surface area contributed by atoms with Crippen LogP contribution < -0.4 is 14.8 Å². The first kappa shape index (κ1) is 41.1. The standard InChI is InChI=1S/C43H54F2N3O8P/c1-3-54-40-22-39(31-19-18-27(2)20-36(31)46-40)55-30-21-37-38(49)24-43(57(52,53)26-32-33(44)15-11-16-34(32)45)23-28(43)12-7-5-4-6-8-17-35(41(50)48(37)25-30)47-42(51)56-29-13-9-10-14-29/h11,15-16,18-20,22,28-30,35,37H,3-10,12-14,17,21,23-26H2,1-2H3,(H,47,51)(H,52,53)/t28-,30?,35+,37+,43-/m1/s1. The molecule has 4 fully saturated rings. The molecule has 0 spiro atoms. The number of benzene rings is 2. The maximum atomic E-state index is 14.9. The molecule has 11 nitrogen and oxygen atoms in total. The second-order valence-electron chi connectivity index (χ2n) is 16.5. The SMILES string of the molecule is CCOc1cc(OC2C[C@H]3C(=O)C[C@]4(P(=O)(O)Cc5c(F)cccc5F)C[C@H]4CCCCCCC[C@H](NC(=O)OC4CCCC4)C(=O)N3C2)c2ccc(C)cc2n1. The van der Waals surface area contributed by atoms with E-state index in [9.17, 15) is 32.6 Å². The molecule has 57 heavy (non-hydrogen) atoms. The van der Waals surface area contributed by atoms with E-state index in [0.29, 0.717) is 43.0 Å².